The second-order valence-corrected chi connectivity index (χ2v) is 11.5. The smallest absolute Gasteiger partial charge is 0.410 e. The van der Waals surface area contributed by atoms with Crippen LogP contribution in [0.25, 0.3) is 0 Å². The van der Waals surface area contributed by atoms with Crippen molar-refractivity contribution < 1.29 is 19.4 Å². The van der Waals surface area contributed by atoms with E-state index in [1.165, 1.54) is 0 Å². The summed E-state index contributed by atoms with van der Waals surface area (Å²) in [6, 6.07) is 11.6. The molecule has 0 aliphatic carbocycles. The number of ether oxygens (including phenoxy) is 1. The van der Waals surface area contributed by atoms with Gasteiger partial charge in [-0.3, -0.25) is 9.69 Å². The molecule has 0 bridgehead atoms. The summed E-state index contributed by atoms with van der Waals surface area (Å²) >= 11 is 6.45. The lowest BCUT2D eigenvalue weighted by molar-refractivity contribution is -0.106. The van der Waals surface area contributed by atoms with Gasteiger partial charge in [0.05, 0.1) is 22.4 Å². The number of amides is 2. The van der Waals surface area contributed by atoms with Crippen LogP contribution in [0, 0.1) is 6.92 Å². The Morgan fingerprint density at radius 3 is 2.42 bits per heavy atom. The number of benzene rings is 2. The Labute approximate surface area is 217 Å². The molecule has 2 aromatic carbocycles. The molecule has 2 heterocycles. The van der Waals surface area contributed by atoms with Crippen LogP contribution in [0.1, 0.15) is 64.2 Å². The number of anilines is 2. The highest BCUT2D eigenvalue weighted by Gasteiger charge is 2.45. The number of piperidine rings is 1. The van der Waals surface area contributed by atoms with E-state index in [4.69, 9.17) is 16.3 Å². The minimum atomic E-state index is -1.10. The molecule has 2 aliphatic rings. The quantitative estimate of drug-likeness (QED) is 0.522. The number of hydrogen-bond donors (Lipinski definition) is 1. The number of nitrogens with zero attached hydrogens (tertiary/aromatic N) is 3. The fraction of sp³-hybridized carbons (Fsp3) is 0.464. The van der Waals surface area contributed by atoms with Crippen LogP contribution in [-0.2, 0) is 20.5 Å². The summed E-state index contributed by atoms with van der Waals surface area (Å²) in [6.45, 7) is 12.3. The van der Waals surface area contributed by atoms with Crippen molar-refractivity contribution in [2.24, 2.45) is 4.99 Å². The van der Waals surface area contributed by atoms with Gasteiger partial charge in [-0.05, 0) is 89.3 Å². The van der Waals surface area contributed by atoms with E-state index in [1.807, 2.05) is 82.8 Å². The number of halogens is 1. The lowest BCUT2D eigenvalue weighted by Gasteiger charge is -2.39. The molecule has 0 radical (unpaired) electrons. The van der Waals surface area contributed by atoms with Crippen LogP contribution >= 0.6 is 11.6 Å². The number of amidine groups is 1. The Morgan fingerprint density at radius 1 is 1.14 bits per heavy atom. The SMILES string of the molecule is Cc1c(Cl)cccc1N1C(=NC=O)C(C)(C)c2ccc(C3(O)CCN(C(=O)OC(C)(C)C)CC3)cc21. The van der Waals surface area contributed by atoms with Crippen LogP contribution in [0.15, 0.2) is 41.4 Å². The van der Waals surface area contributed by atoms with E-state index >= 15 is 0 Å². The third-order valence-corrected chi connectivity index (χ3v) is 7.53. The Morgan fingerprint density at radius 2 is 1.81 bits per heavy atom. The molecule has 0 aromatic heterocycles. The summed E-state index contributed by atoms with van der Waals surface area (Å²) in [5, 5.41) is 12.3. The molecule has 2 aromatic rings. The molecular weight excluding hydrogens is 478 g/mol. The molecule has 192 valence electrons. The fourth-order valence-electron chi connectivity index (χ4n) is 5.07. The third kappa shape index (κ3) is 4.62. The van der Waals surface area contributed by atoms with Gasteiger partial charge in [-0.2, -0.15) is 0 Å². The average molecular weight is 512 g/mol. The van der Waals surface area contributed by atoms with Crippen molar-refractivity contribution in [2.75, 3.05) is 18.0 Å². The highest BCUT2D eigenvalue weighted by Crippen LogP contribution is 2.49. The number of carbonyl (C=O) groups excluding carboxylic acids is 2. The van der Waals surface area contributed by atoms with Gasteiger partial charge < -0.3 is 14.7 Å². The van der Waals surface area contributed by atoms with E-state index in [-0.39, 0.29) is 6.09 Å². The Bertz CT molecular complexity index is 1220. The molecule has 7 nitrogen and oxygen atoms in total. The molecule has 0 saturated carbocycles. The molecular formula is C28H34ClN3O4. The molecule has 2 amide bonds. The molecule has 0 atom stereocenters. The third-order valence-electron chi connectivity index (χ3n) is 7.12. The van der Waals surface area contributed by atoms with Crippen LogP contribution in [0.5, 0.6) is 0 Å². The van der Waals surface area contributed by atoms with E-state index in [1.54, 1.807) is 4.90 Å². The van der Waals surface area contributed by atoms with Crippen molar-refractivity contribution >= 4 is 41.3 Å². The number of aliphatic hydroxyl groups is 1. The largest absolute Gasteiger partial charge is 0.444 e. The summed E-state index contributed by atoms with van der Waals surface area (Å²) in [5.41, 5.74) is 2.12. The van der Waals surface area contributed by atoms with Crippen LogP contribution in [0.4, 0.5) is 16.2 Å². The van der Waals surface area contributed by atoms with Gasteiger partial charge in [-0.15, -0.1) is 0 Å². The van der Waals surface area contributed by atoms with Gasteiger partial charge >= 0.3 is 6.09 Å². The maximum Gasteiger partial charge on any atom is 0.410 e. The normalized spacial score (nSPS) is 19.8. The monoisotopic (exact) mass is 511 g/mol. The van der Waals surface area contributed by atoms with Crippen molar-refractivity contribution in [2.45, 2.75) is 71.0 Å². The first-order chi connectivity index (χ1) is 16.8. The average Bonchev–Trinajstić information content (AvgIpc) is 3.01. The molecule has 1 fully saturated rings. The predicted molar refractivity (Wildman–Crippen MR) is 142 cm³/mol. The van der Waals surface area contributed by atoms with Crippen molar-refractivity contribution in [3.05, 3.63) is 58.1 Å². The van der Waals surface area contributed by atoms with Gasteiger partial charge in [0.1, 0.15) is 11.4 Å². The van der Waals surface area contributed by atoms with E-state index in [9.17, 15) is 14.7 Å². The van der Waals surface area contributed by atoms with Crippen molar-refractivity contribution in [1.82, 2.24) is 4.90 Å². The van der Waals surface area contributed by atoms with E-state index < -0.39 is 16.6 Å². The summed E-state index contributed by atoms with van der Waals surface area (Å²) in [7, 11) is 0. The van der Waals surface area contributed by atoms with Gasteiger partial charge in [-0.1, -0.05) is 29.8 Å². The lowest BCUT2D eigenvalue weighted by atomic mass is 9.81. The maximum atomic E-state index is 12.5. The number of hydrogen-bond acceptors (Lipinski definition) is 4. The van der Waals surface area contributed by atoms with Gasteiger partial charge in [-0.25, -0.2) is 9.79 Å². The van der Waals surface area contributed by atoms with E-state index in [0.29, 0.717) is 43.2 Å². The second kappa shape index (κ2) is 9.20. The molecule has 1 saturated heterocycles. The van der Waals surface area contributed by atoms with Gasteiger partial charge in [0, 0.05) is 18.1 Å². The van der Waals surface area contributed by atoms with Gasteiger partial charge in [0.25, 0.3) is 0 Å². The summed E-state index contributed by atoms with van der Waals surface area (Å²) in [5.74, 6) is 0.599. The second-order valence-electron chi connectivity index (χ2n) is 11.1. The highest BCUT2D eigenvalue weighted by atomic mass is 35.5. The topological polar surface area (TPSA) is 82.4 Å². The Hall–Kier alpha value is -2.90. The van der Waals surface area contributed by atoms with Crippen LogP contribution in [-0.4, -0.2) is 47.0 Å². The minimum absolute atomic E-state index is 0.363. The zero-order chi connectivity index (χ0) is 26.5. The molecule has 0 unspecified atom stereocenters. The summed E-state index contributed by atoms with van der Waals surface area (Å²) < 4.78 is 5.50. The molecule has 8 heteroatoms. The fourth-order valence-corrected chi connectivity index (χ4v) is 5.24. The van der Waals surface area contributed by atoms with Gasteiger partial charge in [0.15, 0.2) is 0 Å². The van der Waals surface area contributed by atoms with Crippen molar-refractivity contribution in [1.29, 1.82) is 0 Å². The minimum Gasteiger partial charge on any atom is -0.444 e. The Balaban J connectivity index is 1.71. The summed E-state index contributed by atoms with van der Waals surface area (Å²) in [6.07, 6.45) is 0.980. The van der Waals surface area contributed by atoms with Crippen LogP contribution < -0.4 is 4.90 Å². The molecule has 2 aliphatic heterocycles. The van der Waals surface area contributed by atoms with Crippen molar-refractivity contribution in [3.63, 3.8) is 0 Å². The van der Waals surface area contributed by atoms with Crippen molar-refractivity contribution in [3.8, 4) is 0 Å². The Kier molecular flexibility index (Phi) is 6.69. The van der Waals surface area contributed by atoms with Gasteiger partial charge in [0.2, 0.25) is 6.41 Å². The van der Waals surface area contributed by atoms with E-state index in [2.05, 4.69) is 4.99 Å². The number of fused-ring (bicyclic) bond motifs is 1. The number of likely N-dealkylation sites (tertiary alicyclic amines) is 1. The zero-order valence-corrected chi connectivity index (χ0v) is 22.5. The first-order valence-corrected chi connectivity index (χ1v) is 12.6. The molecule has 4 rings (SSSR count). The number of rotatable bonds is 3. The van der Waals surface area contributed by atoms with Crippen LogP contribution in [0.3, 0.4) is 0 Å². The number of carbonyl (C=O) groups is 2. The number of aliphatic imine (C=N–C) groups is 1. The standard InChI is InChI=1S/C28H34ClN3O4/c1-18-21(29)8-7-9-22(18)32-23-16-19(10-11-20(23)27(5,6)24(32)30-17-33)28(35)12-14-31(15-13-28)25(34)36-26(2,3)4/h7-11,16-17,35H,12-15H2,1-6H3. The highest BCUT2D eigenvalue weighted by molar-refractivity contribution is 6.32. The molecule has 1 N–H and O–H groups in total. The lowest BCUT2D eigenvalue weighted by Crippen LogP contribution is -2.46. The first kappa shape index (κ1) is 26.2. The summed E-state index contributed by atoms with van der Waals surface area (Å²) in [4.78, 5) is 31.9. The maximum absolute atomic E-state index is 12.5. The molecule has 0 spiro atoms. The predicted octanol–water partition coefficient (Wildman–Crippen LogP) is 5.85. The molecule has 36 heavy (non-hydrogen) atoms. The van der Waals surface area contributed by atoms with Crippen LogP contribution in [0.2, 0.25) is 5.02 Å². The van der Waals surface area contributed by atoms with E-state index in [0.717, 1.165) is 28.1 Å². The zero-order valence-electron chi connectivity index (χ0n) is 21.8. The first-order valence-electron chi connectivity index (χ1n) is 12.2.